The molecule has 2 fully saturated rings. The van der Waals surface area contributed by atoms with Gasteiger partial charge in [0.2, 0.25) is 0 Å². The Kier molecular flexibility index (Phi) is 8.68. The van der Waals surface area contributed by atoms with E-state index in [1.165, 1.54) is 51.4 Å². The molecule has 0 aromatic heterocycles. The summed E-state index contributed by atoms with van der Waals surface area (Å²) in [4.78, 5) is 0. The second-order valence-electron chi connectivity index (χ2n) is 9.32. The van der Waals surface area contributed by atoms with Crippen LogP contribution in [-0.4, -0.2) is 11.7 Å². The van der Waals surface area contributed by atoms with Gasteiger partial charge in [0.1, 0.15) is 10.8 Å². The molecule has 0 spiro atoms. The van der Waals surface area contributed by atoms with Gasteiger partial charge in [0, 0.05) is 5.56 Å². The first kappa shape index (κ1) is 22.9. The standard InChI is InChI=1S/C25H38ClFO2/c1-3-5-17-6-10-19(11-7-17)20-12-8-18(9-13-20)16-22(28)21-14-15-23(29-4-2)24(26)25(21)27/h14-15,17-20,22,28H,3-13,16H2,1-2H3. The molecule has 4 heteroatoms. The average molecular weight is 425 g/mol. The largest absolute Gasteiger partial charge is 0.492 e. The normalized spacial score (nSPS) is 28.9. The Labute approximate surface area is 181 Å². The van der Waals surface area contributed by atoms with Gasteiger partial charge in [-0.05, 0) is 74.8 Å². The average Bonchev–Trinajstić information content (AvgIpc) is 2.73. The third-order valence-corrected chi connectivity index (χ3v) is 7.79. The van der Waals surface area contributed by atoms with Crippen molar-refractivity contribution in [1.29, 1.82) is 0 Å². The molecule has 1 N–H and O–H groups in total. The molecule has 3 rings (SSSR count). The van der Waals surface area contributed by atoms with Crippen molar-refractivity contribution in [1.82, 2.24) is 0 Å². The van der Waals surface area contributed by atoms with Crippen LogP contribution < -0.4 is 4.74 Å². The first-order valence-corrected chi connectivity index (χ1v) is 12.2. The Balaban J connectivity index is 1.48. The van der Waals surface area contributed by atoms with Crippen molar-refractivity contribution >= 4 is 11.6 Å². The molecule has 0 aliphatic heterocycles. The lowest BCUT2D eigenvalue weighted by molar-refractivity contribution is 0.0989. The molecular formula is C25H38ClFO2. The monoisotopic (exact) mass is 424 g/mol. The lowest BCUT2D eigenvalue weighted by atomic mass is 9.68. The number of rotatable bonds is 8. The van der Waals surface area contributed by atoms with E-state index in [9.17, 15) is 9.50 Å². The topological polar surface area (TPSA) is 29.5 Å². The Hall–Kier alpha value is -0.800. The zero-order chi connectivity index (χ0) is 20.8. The maximum absolute atomic E-state index is 14.6. The van der Waals surface area contributed by atoms with Crippen LogP contribution in [0.25, 0.3) is 0 Å². The van der Waals surface area contributed by atoms with E-state index < -0.39 is 11.9 Å². The summed E-state index contributed by atoms with van der Waals surface area (Å²) >= 11 is 6.09. The summed E-state index contributed by atoms with van der Waals surface area (Å²) in [5, 5.41) is 10.6. The van der Waals surface area contributed by atoms with Gasteiger partial charge in [0.15, 0.2) is 5.82 Å². The van der Waals surface area contributed by atoms with E-state index in [0.29, 0.717) is 30.3 Å². The summed E-state index contributed by atoms with van der Waals surface area (Å²) in [6, 6.07) is 3.29. The number of hydrogen-bond donors (Lipinski definition) is 1. The van der Waals surface area contributed by atoms with Crippen LogP contribution in [0.4, 0.5) is 4.39 Å². The van der Waals surface area contributed by atoms with E-state index in [1.54, 1.807) is 12.1 Å². The fraction of sp³-hybridized carbons (Fsp3) is 0.760. The highest BCUT2D eigenvalue weighted by molar-refractivity contribution is 6.32. The van der Waals surface area contributed by atoms with Gasteiger partial charge in [0.05, 0.1) is 12.7 Å². The second kappa shape index (κ2) is 11.0. The molecule has 1 aromatic rings. The third-order valence-electron chi connectivity index (χ3n) is 7.44. The summed E-state index contributed by atoms with van der Waals surface area (Å²) in [7, 11) is 0. The first-order chi connectivity index (χ1) is 14.0. The molecule has 0 amide bonds. The van der Waals surface area contributed by atoms with Crippen LogP contribution in [0.2, 0.25) is 5.02 Å². The lowest BCUT2D eigenvalue weighted by Gasteiger charge is -2.38. The smallest absolute Gasteiger partial charge is 0.151 e. The van der Waals surface area contributed by atoms with Gasteiger partial charge < -0.3 is 9.84 Å². The van der Waals surface area contributed by atoms with Crippen molar-refractivity contribution in [2.75, 3.05) is 6.61 Å². The van der Waals surface area contributed by atoms with Crippen LogP contribution in [0.3, 0.4) is 0 Å². The van der Waals surface area contributed by atoms with Crippen molar-refractivity contribution in [3.8, 4) is 5.75 Å². The highest BCUT2D eigenvalue weighted by Crippen LogP contribution is 2.44. The molecule has 1 unspecified atom stereocenters. The van der Waals surface area contributed by atoms with Crippen LogP contribution in [0.5, 0.6) is 5.75 Å². The van der Waals surface area contributed by atoms with Crippen molar-refractivity contribution in [3.63, 3.8) is 0 Å². The van der Waals surface area contributed by atoms with Crippen molar-refractivity contribution < 1.29 is 14.2 Å². The fourth-order valence-corrected chi connectivity index (χ4v) is 5.99. The van der Waals surface area contributed by atoms with Crippen LogP contribution in [0.15, 0.2) is 12.1 Å². The van der Waals surface area contributed by atoms with E-state index in [2.05, 4.69) is 6.92 Å². The van der Waals surface area contributed by atoms with E-state index in [-0.39, 0.29) is 5.02 Å². The maximum atomic E-state index is 14.6. The van der Waals surface area contributed by atoms with Crippen LogP contribution >= 0.6 is 11.6 Å². The van der Waals surface area contributed by atoms with E-state index >= 15 is 0 Å². The van der Waals surface area contributed by atoms with Crippen LogP contribution in [-0.2, 0) is 0 Å². The Morgan fingerprint density at radius 3 is 2.14 bits per heavy atom. The van der Waals surface area contributed by atoms with Gasteiger partial charge >= 0.3 is 0 Å². The summed E-state index contributed by atoms with van der Waals surface area (Å²) in [6.45, 7) is 4.57. The summed E-state index contributed by atoms with van der Waals surface area (Å²) in [5.41, 5.74) is 0.301. The molecule has 0 radical (unpaired) electrons. The summed E-state index contributed by atoms with van der Waals surface area (Å²) < 4.78 is 19.9. The van der Waals surface area contributed by atoms with E-state index in [0.717, 1.165) is 30.6 Å². The number of aliphatic hydroxyl groups excluding tert-OH is 1. The molecule has 1 aromatic carbocycles. The van der Waals surface area contributed by atoms with Crippen molar-refractivity contribution in [2.45, 2.75) is 90.6 Å². The zero-order valence-corrected chi connectivity index (χ0v) is 18.9. The molecule has 2 aliphatic carbocycles. The molecule has 0 saturated heterocycles. The number of aliphatic hydroxyl groups is 1. The highest BCUT2D eigenvalue weighted by atomic mass is 35.5. The quantitative estimate of drug-likeness (QED) is 0.462. The number of halogens is 2. The van der Waals surface area contributed by atoms with Gasteiger partial charge in [-0.25, -0.2) is 4.39 Å². The lowest BCUT2D eigenvalue weighted by Crippen LogP contribution is -2.26. The molecule has 2 saturated carbocycles. The Morgan fingerprint density at radius 2 is 1.59 bits per heavy atom. The molecule has 29 heavy (non-hydrogen) atoms. The SMILES string of the molecule is CCCC1CCC(C2CCC(CC(O)c3ccc(OCC)c(Cl)c3F)CC2)CC1. The minimum atomic E-state index is -0.797. The van der Waals surface area contributed by atoms with Gasteiger partial charge in [-0.15, -0.1) is 0 Å². The fourth-order valence-electron chi connectivity index (χ4n) is 5.77. The summed E-state index contributed by atoms with van der Waals surface area (Å²) in [5.74, 6) is 3.03. The second-order valence-corrected chi connectivity index (χ2v) is 9.69. The molecule has 2 aliphatic rings. The molecule has 0 bridgehead atoms. The minimum Gasteiger partial charge on any atom is -0.492 e. The summed E-state index contributed by atoms with van der Waals surface area (Å²) in [6.07, 6.45) is 13.1. The molecule has 164 valence electrons. The Morgan fingerprint density at radius 1 is 1.00 bits per heavy atom. The predicted octanol–water partition coefficient (Wildman–Crippen LogP) is 7.71. The number of hydrogen-bond acceptors (Lipinski definition) is 2. The van der Waals surface area contributed by atoms with E-state index in [1.807, 2.05) is 6.92 Å². The van der Waals surface area contributed by atoms with Crippen LogP contribution in [0.1, 0.15) is 96.1 Å². The Bertz CT molecular complexity index is 634. The third kappa shape index (κ3) is 5.88. The van der Waals surface area contributed by atoms with Gasteiger partial charge in [0.25, 0.3) is 0 Å². The van der Waals surface area contributed by atoms with Gasteiger partial charge in [-0.2, -0.15) is 0 Å². The van der Waals surface area contributed by atoms with Crippen molar-refractivity contribution in [2.24, 2.45) is 23.7 Å². The van der Waals surface area contributed by atoms with Crippen molar-refractivity contribution in [3.05, 3.63) is 28.5 Å². The number of ether oxygens (including phenoxy) is 1. The molecule has 0 heterocycles. The highest BCUT2D eigenvalue weighted by Gasteiger charge is 2.32. The molecule has 1 atom stereocenters. The maximum Gasteiger partial charge on any atom is 0.151 e. The van der Waals surface area contributed by atoms with Crippen LogP contribution in [0, 0.1) is 29.5 Å². The van der Waals surface area contributed by atoms with E-state index in [4.69, 9.17) is 16.3 Å². The molecular weight excluding hydrogens is 387 g/mol. The van der Waals surface area contributed by atoms with Gasteiger partial charge in [-0.3, -0.25) is 0 Å². The first-order valence-electron chi connectivity index (χ1n) is 11.8. The van der Waals surface area contributed by atoms with Gasteiger partial charge in [-0.1, -0.05) is 57.0 Å². The number of benzene rings is 1. The molecule has 2 nitrogen and oxygen atoms in total. The minimum absolute atomic E-state index is 0.0224. The predicted molar refractivity (Wildman–Crippen MR) is 118 cm³/mol. The zero-order valence-electron chi connectivity index (χ0n) is 18.1.